The van der Waals surface area contributed by atoms with Gasteiger partial charge >= 0.3 is 6.18 Å². The number of hydrogen-bond acceptors (Lipinski definition) is 4. The Morgan fingerprint density at radius 3 is 2.48 bits per heavy atom. The van der Waals surface area contributed by atoms with Gasteiger partial charge in [0.15, 0.2) is 6.61 Å². The molecule has 1 amide bonds. The summed E-state index contributed by atoms with van der Waals surface area (Å²) in [5.41, 5.74) is 2.85. The number of hydrogen-bond donors (Lipinski definition) is 1. The van der Waals surface area contributed by atoms with E-state index in [-0.39, 0.29) is 30.4 Å². The van der Waals surface area contributed by atoms with Crippen molar-refractivity contribution in [1.29, 1.82) is 0 Å². The number of aryl methyl sites for hydroxylation is 2. The van der Waals surface area contributed by atoms with E-state index in [4.69, 9.17) is 4.74 Å². The van der Waals surface area contributed by atoms with E-state index in [1.54, 1.807) is 45.0 Å². The van der Waals surface area contributed by atoms with Gasteiger partial charge in [0.05, 0.1) is 0 Å². The van der Waals surface area contributed by atoms with Crippen LogP contribution in [0.5, 0.6) is 5.75 Å². The van der Waals surface area contributed by atoms with E-state index in [0.29, 0.717) is 28.9 Å². The Balaban J connectivity index is 2.02. The lowest BCUT2D eigenvalue weighted by atomic mass is 10.1. The number of rotatable bonds is 8. The van der Waals surface area contributed by atoms with E-state index in [1.165, 1.54) is 6.07 Å². The van der Waals surface area contributed by atoms with Gasteiger partial charge in [0.1, 0.15) is 11.5 Å². The Morgan fingerprint density at radius 1 is 1.14 bits per heavy atom. The van der Waals surface area contributed by atoms with E-state index in [1.807, 2.05) is 0 Å². The molecule has 1 heterocycles. The van der Waals surface area contributed by atoms with Crippen LogP contribution in [0.25, 0.3) is 0 Å². The Morgan fingerprint density at radius 2 is 1.86 bits per heavy atom. The first kappa shape index (κ1) is 22.4. The minimum absolute atomic E-state index is 0.0396. The topological polar surface area (TPSA) is 68.3 Å². The molecule has 29 heavy (non-hydrogen) atoms. The smallest absolute Gasteiger partial charge is 0.422 e. The zero-order chi connectivity index (χ0) is 21.6. The molecule has 2 aromatic rings. The van der Waals surface area contributed by atoms with Gasteiger partial charge in [-0.1, -0.05) is 19.1 Å². The number of pyridine rings is 1. The molecule has 0 fully saturated rings. The fourth-order valence-corrected chi connectivity index (χ4v) is 2.71. The van der Waals surface area contributed by atoms with Crippen molar-refractivity contribution in [2.24, 2.45) is 0 Å². The molecule has 0 spiro atoms. The third kappa shape index (κ3) is 7.21. The monoisotopic (exact) mass is 408 g/mol. The summed E-state index contributed by atoms with van der Waals surface area (Å²) < 4.78 is 41.6. The average molecular weight is 408 g/mol. The number of benzene rings is 1. The van der Waals surface area contributed by atoms with Gasteiger partial charge in [-0.2, -0.15) is 13.2 Å². The SMILES string of the molecule is CCC(=O)Cc1cc(C(=O)NCc2ccc(OCC(F)(F)F)c(C)c2)cc(C)n1. The molecular formula is C21H23F3N2O3. The van der Waals surface area contributed by atoms with Crippen LogP contribution in [-0.4, -0.2) is 29.5 Å². The minimum Gasteiger partial charge on any atom is -0.484 e. The second kappa shape index (κ2) is 9.54. The van der Waals surface area contributed by atoms with Crippen molar-refractivity contribution in [2.45, 2.75) is 46.3 Å². The van der Waals surface area contributed by atoms with Crippen molar-refractivity contribution >= 4 is 11.7 Å². The van der Waals surface area contributed by atoms with Gasteiger partial charge in [0.25, 0.3) is 5.91 Å². The lowest BCUT2D eigenvalue weighted by Crippen LogP contribution is -2.23. The normalized spacial score (nSPS) is 11.2. The zero-order valence-electron chi connectivity index (χ0n) is 16.5. The van der Waals surface area contributed by atoms with Gasteiger partial charge in [-0.25, -0.2) is 0 Å². The maximum absolute atomic E-state index is 12.5. The molecule has 8 heteroatoms. The molecule has 0 saturated carbocycles. The van der Waals surface area contributed by atoms with Crippen molar-refractivity contribution in [3.63, 3.8) is 0 Å². The summed E-state index contributed by atoms with van der Waals surface area (Å²) >= 11 is 0. The molecule has 5 nitrogen and oxygen atoms in total. The van der Waals surface area contributed by atoms with Crippen LogP contribution in [0, 0.1) is 13.8 Å². The van der Waals surface area contributed by atoms with Crippen molar-refractivity contribution in [2.75, 3.05) is 6.61 Å². The quantitative estimate of drug-likeness (QED) is 0.714. The number of aromatic nitrogens is 1. The van der Waals surface area contributed by atoms with Crippen molar-refractivity contribution in [1.82, 2.24) is 10.3 Å². The lowest BCUT2D eigenvalue weighted by molar-refractivity contribution is -0.153. The van der Waals surface area contributed by atoms with Crippen molar-refractivity contribution in [3.8, 4) is 5.75 Å². The molecule has 1 aromatic carbocycles. The van der Waals surface area contributed by atoms with Gasteiger partial charge < -0.3 is 10.1 Å². The first-order valence-corrected chi connectivity index (χ1v) is 9.14. The van der Waals surface area contributed by atoms with E-state index in [0.717, 1.165) is 5.56 Å². The molecule has 2 rings (SSSR count). The molecule has 1 aromatic heterocycles. The maximum atomic E-state index is 12.5. The van der Waals surface area contributed by atoms with Gasteiger partial charge in [0.2, 0.25) is 0 Å². The van der Waals surface area contributed by atoms with Gasteiger partial charge in [-0.15, -0.1) is 0 Å². The summed E-state index contributed by atoms with van der Waals surface area (Å²) in [6.45, 7) is 4.01. The highest BCUT2D eigenvalue weighted by molar-refractivity contribution is 5.94. The summed E-state index contributed by atoms with van der Waals surface area (Å²) in [4.78, 5) is 28.4. The number of carbonyl (C=O) groups excluding carboxylic acids is 2. The first-order valence-electron chi connectivity index (χ1n) is 9.14. The predicted octanol–water partition coefficient (Wildman–Crippen LogP) is 4.09. The average Bonchev–Trinajstić information content (AvgIpc) is 2.64. The highest BCUT2D eigenvalue weighted by Crippen LogP contribution is 2.23. The molecule has 0 saturated heterocycles. The Labute approximate surface area is 167 Å². The number of ketones is 1. The second-order valence-electron chi connectivity index (χ2n) is 6.74. The molecule has 0 aliphatic rings. The van der Waals surface area contributed by atoms with Gasteiger partial charge in [-0.05, 0) is 43.2 Å². The Bertz CT molecular complexity index is 895. The van der Waals surface area contributed by atoms with Crippen LogP contribution in [0.4, 0.5) is 13.2 Å². The fourth-order valence-electron chi connectivity index (χ4n) is 2.71. The molecule has 0 aliphatic carbocycles. The Kier molecular flexibility index (Phi) is 7.36. The highest BCUT2D eigenvalue weighted by Gasteiger charge is 2.28. The minimum atomic E-state index is -4.40. The van der Waals surface area contributed by atoms with Crippen LogP contribution >= 0.6 is 0 Å². The number of nitrogens with one attached hydrogen (secondary N) is 1. The van der Waals surface area contributed by atoms with Crippen molar-refractivity contribution in [3.05, 3.63) is 58.4 Å². The molecule has 0 aliphatic heterocycles. The van der Waals surface area contributed by atoms with Crippen LogP contribution in [-0.2, 0) is 17.8 Å². The number of ether oxygens (including phenoxy) is 1. The molecule has 1 N–H and O–H groups in total. The summed E-state index contributed by atoms with van der Waals surface area (Å²) in [5.74, 6) is -0.138. The second-order valence-corrected chi connectivity index (χ2v) is 6.74. The summed E-state index contributed by atoms with van der Waals surface area (Å²) in [6, 6.07) is 7.94. The first-order chi connectivity index (χ1) is 13.6. The number of carbonyl (C=O) groups is 2. The molecule has 0 radical (unpaired) electrons. The summed E-state index contributed by atoms with van der Waals surface area (Å²) in [5, 5.41) is 2.77. The van der Waals surface area contributed by atoms with Crippen LogP contribution in [0.3, 0.4) is 0 Å². The van der Waals surface area contributed by atoms with Gasteiger partial charge in [0, 0.05) is 36.3 Å². The molecule has 156 valence electrons. The maximum Gasteiger partial charge on any atom is 0.422 e. The van der Waals surface area contributed by atoms with Crippen LogP contribution in [0.2, 0.25) is 0 Å². The predicted molar refractivity (Wildman–Crippen MR) is 102 cm³/mol. The standard InChI is InChI=1S/C21H23F3N2O3/c1-4-18(27)10-17-9-16(8-14(3)26-17)20(28)25-11-15-5-6-19(13(2)7-15)29-12-21(22,23)24/h5-9H,4,10-12H2,1-3H3,(H,25,28). The third-order valence-corrected chi connectivity index (χ3v) is 4.13. The number of amides is 1. The zero-order valence-corrected chi connectivity index (χ0v) is 16.5. The molecular weight excluding hydrogens is 385 g/mol. The van der Waals surface area contributed by atoms with E-state index in [2.05, 4.69) is 10.3 Å². The van der Waals surface area contributed by atoms with E-state index < -0.39 is 12.8 Å². The lowest BCUT2D eigenvalue weighted by Gasteiger charge is -2.13. The number of Topliss-reactive ketones (excluding diaryl/α,β-unsaturated/α-hetero) is 1. The fraction of sp³-hybridized carbons (Fsp3) is 0.381. The van der Waals surface area contributed by atoms with Gasteiger partial charge in [-0.3, -0.25) is 14.6 Å². The number of nitrogens with zero attached hydrogens (tertiary/aromatic N) is 1. The molecule has 0 bridgehead atoms. The largest absolute Gasteiger partial charge is 0.484 e. The number of alkyl halides is 3. The summed E-state index contributed by atoms with van der Waals surface area (Å²) in [7, 11) is 0. The van der Waals surface area contributed by atoms with Crippen LogP contribution < -0.4 is 10.1 Å². The van der Waals surface area contributed by atoms with E-state index in [9.17, 15) is 22.8 Å². The van der Waals surface area contributed by atoms with Crippen LogP contribution in [0.15, 0.2) is 30.3 Å². The highest BCUT2D eigenvalue weighted by atomic mass is 19.4. The molecule has 0 unspecified atom stereocenters. The van der Waals surface area contributed by atoms with Crippen LogP contribution in [0.1, 0.15) is 46.2 Å². The third-order valence-electron chi connectivity index (χ3n) is 4.13. The Hall–Kier alpha value is -2.90. The molecule has 0 atom stereocenters. The summed E-state index contributed by atoms with van der Waals surface area (Å²) in [6.07, 6.45) is -3.82. The van der Waals surface area contributed by atoms with E-state index >= 15 is 0 Å². The number of halogens is 3. The van der Waals surface area contributed by atoms with Crippen molar-refractivity contribution < 1.29 is 27.5 Å².